The van der Waals surface area contributed by atoms with E-state index in [0.717, 1.165) is 32.1 Å². The second-order valence-corrected chi connectivity index (χ2v) is 14.4. The molecular formula is C37H43N3O4S. The fourth-order valence-corrected chi connectivity index (χ4v) is 6.45. The molecule has 4 aromatic rings. The number of amides is 2. The van der Waals surface area contributed by atoms with Crippen LogP contribution in [0, 0.1) is 20.8 Å². The van der Waals surface area contributed by atoms with Crippen LogP contribution in [0.1, 0.15) is 48.6 Å². The van der Waals surface area contributed by atoms with Gasteiger partial charge >= 0.3 is 0 Å². The molecule has 0 aliphatic rings. The van der Waals surface area contributed by atoms with Gasteiger partial charge in [-0.15, -0.1) is 0 Å². The highest BCUT2D eigenvalue weighted by atomic mass is 32.2. The van der Waals surface area contributed by atoms with E-state index in [9.17, 15) is 18.0 Å². The lowest BCUT2D eigenvalue weighted by atomic mass is 10.0. The molecule has 0 bridgehead atoms. The number of carbonyl (C=O) groups is 2. The zero-order chi connectivity index (χ0) is 32.8. The van der Waals surface area contributed by atoms with E-state index in [0.29, 0.717) is 5.69 Å². The first-order valence-electron chi connectivity index (χ1n) is 15.1. The summed E-state index contributed by atoms with van der Waals surface area (Å²) in [6.07, 6.45) is 0.259. The number of nitrogens with zero attached hydrogens (tertiary/aromatic N) is 2. The van der Waals surface area contributed by atoms with E-state index in [-0.39, 0.29) is 23.8 Å². The maximum Gasteiger partial charge on any atom is 0.264 e. The zero-order valence-corrected chi connectivity index (χ0v) is 27.8. The summed E-state index contributed by atoms with van der Waals surface area (Å²) < 4.78 is 29.4. The number of carbonyl (C=O) groups excluding carboxylic acids is 2. The van der Waals surface area contributed by atoms with Crippen LogP contribution < -0.4 is 9.62 Å². The van der Waals surface area contributed by atoms with Gasteiger partial charge in [0, 0.05) is 18.5 Å². The molecule has 0 fully saturated rings. The lowest BCUT2D eigenvalue weighted by Gasteiger charge is -2.35. The Hall–Kier alpha value is -4.43. The summed E-state index contributed by atoms with van der Waals surface area (Å²) in [5, 5.41) is 3.06. The van der Waals surface area contributed by atoms with Crippen molar-refractivity contribution in [1.82, 2.24) is 10.2 Å². The summed E-state index contributed by atoms with van der Waals surface area (Å²) in [7, 11) is -4.14. The smallest absolute Gasteiger partial charge is 0.264 e. The van der Waals surface area contributed by atoms with E-state index in [1.54, 1.807) is 30.3 Å². The molecule has 1 N–H and O–H groups in total. The molecule has 0 aliphatic carbocycles. The Balaban J connectivity index is 1.82. The third-order valence-corrected chi connectivity index (χ3v) is 9.42. The van der Waals surface area contributed by atoms with Crippen LogP contribution in [0.3, 0.4) is 0 Å². The van der Waals surface area contributed by atoms with Gasteiger partial charge in [-0.05, 0) is 88.1 Å². The normalized spacial score (nSPS) is 12.3. The fraction of sp³-hybridized carbons (Fsp3) is 0.297. The second kappa shape index (κ2) is 14.1. The van der Waals surface area contributed by atoms with Gasteiger partial charge in [0.05, 0.1) is 10.6 Å². The van der Waals surface area contributed by atoms with Gasteiger partial charge in [0.25, 0.3) is 10.0 Å². The van der Waals surface area contributed by atoms with Crippen LogP contribution >= 0.6 is 0 Å². The average Bonchev–Trinajstić information content (AvgIpc) is 3.00. The highest BCUT2D eigenvalue weighted by molar-refractivity contribution is 7.92. The van der Waals surface area contributed by atoms with E-state index < -0.39 is 34.1 Å². The summed E-state index contributed by atoms with van der Waals surface area (Å²) in [5.41, 5.74) is 4.52. The molecule has 4 rings (SSSR count). The number of benzene rings is 4. The molecule has 1 unspecified atom stereocenters. The quantitative estimate of drug-likeness (QED) is 0.210. The van der Waals surface area contributed by atoms with Crippen molar-refractivity contribution in [2.24, 2.45) is 0 Å². The number of hydrogen-bond acceptors (Lipinski definition) is 4. The molecule has 0 radical (unpaired) electrons. The van der Waals surface area contributed by atoms with Crippen LogP contribution in [0.5, 0.6) is 0 Å². The van der Waals surface area contributed by atoms with Crippen molar-refractivity contribution in [2.45, 2.75) is 71.0 Å². The Bertz CT molecular complexity index is 1720. The number of nitrogens with one attached hydrogen (secondary N) is 1. The van der Waals surface area contributed by atoms with E-state index in [4.69, 9.17) is 0 Å². The Morgan fingerprint density at radius 2 is 1.36 bits per heavy atom. The van der Waals surface area contributed by atoms with E-state index in [2.05, 4.69) is 5.32 Å². The summed E-state index contributed by atoms with van der Waals surface area (Å²) in [5.74, 6) is -0.797. The summed E-state index contributed by atoms with van der Waals surface area (Å²) in [6.45, 7) is 11.2. The molecular weight excluding hydrogens is 582 g/mol. The van der Waals surface area contributed by atoms with Crippen molar-refractivity contribution >= 4 is 27.5 Å². The molecule has 7 nitrogen and oxygen atoms in total. The van der Waals surface area contributed by atoms with Crippen molar-refractivity contribution in [2.75, 3.05) is 10.8 Å². The van der Waals surface area contributed by atoms with Gasteiger partial charge < -0.3 is 10.2 Å². The Kier molecular flexibility index (Phi) is 10.5. The molecule has 0 aliphatic heterocycles. The average molecular weight is 626 g/mol. The molecule has 0 saturated heterocycles. The van der Waals surface area contributed by atoms with Crippen LogP contribution in [0.4, 0.5) is 5.69 Å². The molecule has 1 atom stereocenters. The molecule has 2 amide bonds. The number of aryl methyl sites for hydroxylation is 3. The summed E-state index contributed by atoms with van der Waals surface area (Å²) in [6, 6.07) is 29.9. The molecule has 4 aromatic carbocycles. The largest absolute Gasteiger partial charge is 0.350 e. The molecule has 8 heteroatoms. The predicted octanol–water partition coefficient (Wildman–Crippen LogP) is 6.36. The van der Waals surface area contributed by atoms with E-state index in [1.165, 1.54) is 17.0 Å². The predicted molar refractivity (Wildman–Crippen MR) is 180 cm³/mol. The molecule has 0 spiro atoms. The summed E-state index contributed by atoms with van der Waals surface area (Å²) in [4.78, 5) is 30.1. The van der Waals surface area contributed by atoms with Crippen molar-refractivity contribution < 1.29 is 18.0 Å². The third kappa shape index (κ3) is 8.82. The van der Waals surface area contributed by atoms with Gasteiger partial charge in [-0.1, -0.05) is 84.4 Å². The van der Waals surface area contributed by atoms with Gasteiger partial charge in [-0.2, -0.15) is 0 Å². The highest BCUT2D eigenvalue weighted by Crippen LogP contribution is 2.27. The number of hydrogen-bond donors (Lipinski definition) is 1. The molecule has 0 aromatic heterocycles. The molecule has 45 heavy (non-hydrogen) atoms. The second-order valence-electron chi connectivity index (χ2n) is 12.5. The van der Waals surface area contributed by atoms with Crippen LogP contribution in [-0.2, 0) is 32.6 Å². The monoisotopic (exact) mass is 625 g/mol. The number of anilines is 1. The van der Waals surface area contributed by atoms with Crippen molar-refractivity contribution in [1.29, 1.82) is 0 Å². The maximum absolute atomic E-state index is 14.6. The number of rotatable bonds is 11. The van der Waals surface area contributed by atoms with Gasteiger partial charge in [0.2, 0.25) is 11.8 Å². The summed E-state index contributed by atoms with van der Waals surface area (Å²) >= 11 is 0. The topological polar surface area (TPSA) is 86.8 Å². The van der Waals surface area contributed by atoms with Crippen molar-refractivity contribution in [3.05, 3.63) is 131 Å². The van der Waals surface area contributed by atoms with Crippen LogP contribution in [0.25, 0.3) is 0 Å². The van der Waals surface area contributed by atoms with Crippen molar-refractivity contribution in [3.8, 4) is 0 Å². The Morgan fingerprint density at radius 3 is 1.93 bits per heavy atom. The first-order valence-corrected chi connectivity index (χ1v) is 16.5. The highest BCUT2D eigenvalue weighted by Gasteiger charge is 2.35. The minimum absolute atomic E-state index is 0.0763. The van der Waals surface area contributed by atoms with Gasteiger partial charge in [-0.25, -0.2) is 8.42 Å². The first-order chi connectivity index (χ1) is 21.2. The van der Waals surface area contributed by atoms with Crippen LogP contribution in [0.2, 0.25) is 0 Å². The standard InChI is InChI=1S/C37H43N3O4S/c1-27-17-20-31(21-18-27)25-39(34(36(42)38-37(4,5)6)24-30-13-9-7-10-14-30)35(41)26-40(32-22-19-28(2)29(3)23-32)45(43,44)33-15-11-8-12-16-33/h7-23,34H,24-26H2,1-6H3,(H,38,42). The van der Waals surface area contributed by atoms with Gasteiger partial charge in [0.1, 0.15) is 12.6 Å². The Morgan fingerprint density at radius 1 is 0.756 bits per heavy atom. The van der Waals surface area contributed by atoms with E-state index >= 15 is 0 Å². The minimum Gasteiger partial charge on any atom is -0.350 e. The lowest BCUT2D eigenvalue weighted by Crippen LogP contribution is -2.56. The number of sulfonamides is 1. The minimum atomic E-state index is -4.14. The van der Waals surface area contributed by atoms with Crippen molar-refractivity contribution in [3.63, 3.8) is 0 Å². The zero-order valence-electron chi connectivity index (χ0n) is 26.9. The lowest BCUT2D eigenvalue weighted by molar-refractivity contribution is -0.140. The molecule has 236 valence electrons. The van der Waals surface area contributed by atoms with Gasteiger partial charge in [0.15, 0.2) is 0 Å². The van der Waals surface area contributed by atoms with E-state index in [1.807, 2.05) is 102 Å². The molecule has 0 saturated carbocycles. The van der Waals surface area contributed by atoms with Crippen LogP contribution in [0.15, 0.2) is 108 Å². The third-order valence-electron chi connectivity index (χ3n) is 7.63. The Labute approximate surface area is 268 Å². The fourth-order valence-electron chi connectivity index (χ4n) is 5.03. The SMILES string of the molecule is Cc1ccc(CN(C(=O)CN(c2ccc(C)c(C)c2)S(=O)(=O)c2ccccc2)C(Cc2ccccc2)C(=O)NC(C)(C)C)cc1. The first kappa shape index (κ1) is 33.5. The van der Waals surface area contributed by atoms with Crippen LogP contribution in [-0.4, -0.2) is 43.3 Å². The molecule has 0 heterocycles. The maximum atomic E-state index is 14.6. The van der Waals surface area contributed by atoms with Gasteiger partial charge in [-0.3, -0.25) is 13.9 Å².